The summed E-state index contributed by atoms with van der Waals surface area (Å²) in [5.41, 5.74) is 2.49. The monoisotopic (exact) mass is 633 g/mol. The molecular weight excluding hydrogens is 601 g/mol. The van der Waals surface area contributed by atoms with Crippen molar-refractivity contribution in [3.8, 4) is 0 Å². The molecule has 1 fully saturated rings. The average molecular weight is 634 g/mol. The fourth-order valence-electron chi connectivity index (χ4n) is 5.69. The summed E-state index contributed by atoms with van der Waals surface area (Å²) in [4.78, 5) is 47.3. The molecule has 3 aliphatic rings. The molecule has 4 aromatic rings. The van der Waals surface area contributed by atoms with Crippen molar-refractivity contribution in [2.45, 2.75) is 55.3 Å². The lowest BCUT2D eigenvalue weighted by molar-refractivity contribution is -0.131. The third-order valence-corrected chi connectivity index (χ3v) is 10.6. The first kappa shape index (κ1) is 30.3. The van der Waals surface area contributed by atoms with Crippen LogP contribution in [0.4, 0.5) is 20.6 Å². The zero-order valence-corrected chi connectivity index (χ0v) is 25.7. The molecule has 1 saturated carbocycles. The number of anilines is 2. The van der Waals surface area contributed by atoms with Crippen LogP contribution >= 0.6 is 0 Å². The number of nitrogens with one attached hydrogen (secondary N) is 3. The molecule has 13 heteroatoms. The maximum absolute atomic E-state index is 15.4. The highest BCUT2D eigenvalue weighted by Crippen LogP contribution is 2.37. The van der Waals surface area contributed by atoms with Crippen molar-refractivity contribution in [3.05, 3.63) is 93.3 Å². The normalized spacial score (nSPS) is 19.3. The first-order valence-corrected chi connectivity index (χ1v) is 16.1. The minimum absolute atomic E-state index is 0.0707. The highest BCUT2D eigenvalue weighted by atomic mass is 32.2. The molecule has 234 valence electrons. The van der Waals surface area contributed by atoms with Gasteiger partial charge in [-0.25, -0.2) is 22.6 Å². The molecule has 45 heavy (non-hydrogen) atoms. The molecule has 11 nitrogen and oxygen atoms in total. The van der Waals surface area contributed by atoms with E-state index in [2.05, 4.69) is 20.6 Å². The van der Waals surface area contributed by atoms with Crippen LogP contribution in [0.25, 0.3) is 10.9 Å². The molecule has 3 heterocycles. The number of H-pyrrole nitrogens is 1. The van der Waals surface area contributed by atoms with Crippen molar-refractivity contribution in [1.29, 1.82) is 0 Å². The molecule has 0 spiro atoms. The molecule has 4 bridgehead atoms. The van der Waals surface area contributed by atoms with Crippen molar-refractivity contribution in [1.82, 2.24) is 14.9 Å². The molecule has 7 rings (SSSR count). The minimum Gasteiger partial charge on any atom is -0.449 e. The van der Waals surface area contributed by atoms with Crippen LogP contribution < -0.4 is 16.2 Å². The van der Waals surface area contributed by atoms with Gasteiger partial charge in [-0.3, -0.25) is 14.9 Å². The molecule has 2 amide bonds. The number of halogens is 1. The van der Waals surface area contributed by atoms with Gasteiger partial charge in [0.25, 0.3) is 5.56 Å². The molecule has 0 unspecified atom stereocenters. The number of aromatic nitrogens is 2. The van der Waals surface area contributed by atoms with Crippen LogP contribution in [0.3, 0.4) is 0 Å². The Morgan fingerprint density at radius 3 is 2.58 bits per heavy atom. The number of amides is 2. The molecule has 3 N–H and O–H groups in total. The molecule has 1 aliphatic carbocycles. The third-order valence-electron chi connectivity index (χ3n) is 8.26. The molecular formula is C32H32FN5O6S. The summed E-state index contributed by atoms with van der Waals surface area (Å²) in [5, 5.41) is 5.31. The van der Waals surface area contributed by atoms with Gasteiger partial charge in [-0.1, -0.05) is 25.1 Å². The van der Waals surface area contributed by atoms with Gasteiger partial charge in [0.2, 0.25) is 5.91 Å². The number of hydrogen-bond acceptors (Lipinski definition) is 8. The second-order valence-electron chi connectivity index (χ2n) is 11.7. The molecule has 0 radical (unpaired) electrons. The van der Waals surface area contributed by atoms with Crippen molar-refractivity contribution < 1.29 is 27.1 Å². The van der Waals surface area contributed by atoms with Gasteiger partial charge in [0.05, 0.1) is 39.7 Å². The number of carbonyl (C=O) groups is 2. The van der Waals surface area contributed by atoms with E-state index in [1.165, 1.54) is 42.5 Å². The Balaban J connectivity index is 1.45. The van der Waals surface area contributed by atoms with Gasteiger partial charge in [-0.05, 0) is 66.3 Å². The highest BCUT2D eigenvalue weighted by molar-refractivity contribution is 7.92. The Hall–Kier alpha value is -4.78. The second-order valence-corrected chi connectivity index (χ2v) is 13.9. The standard InChI is InChI=1S/C32H32FN5O6S/c1-17-10-19-4-8-23(17)18(2)15-44-32(41)36-21-5-9-28(45(42,43)22-6-7-22)20(11-21)14-38(3)31(40)29(19)37-27-12-24-26(13-25(27)33)34-16-35-30(24)39/h4-5,8-13,16,18,22,29,37H,6-7,14-15H2,1-3H3,(H,36,41)(H,34,35,39)/t18-,29+/m0/s1. The largest absolute Gasteiger partial charge is 0.449 e. The summed E-state index contributed by atoms with van der Waals surface area (Å²) in [6.45, 7) is 3.71. The second kappa shape index (κ2) is 11.6. The Bertz CT molecular complexity index is 2010. The van der Waals surface area contributed by atoms with E-state index in [4.69, 9.17) is 4.74 Å². The van der Waals surface area contributed by atoms with Gasteiger partial charge in [-0.15, -0.1) is 0 Å². The summed E-state index contributed by atoms with van der Waals surface area (Å²) >= 11 is 0. The number of rotatable bonds is 4. The fourth-order valence-corrected chi connectivity index (χ4v) is 7.55. The van der Waals surface area contributed by atoms with Crippen molar-refractivity contribution >= 4 is 44.1 Å². The molecule has 2 aliphatic heterocycles. The first-order chi connectivity index (χ1) is 21.4. The first-order valence-electron chi connectivity index (χ1n) is 14.5. The van der Waals surface area contributed by atoms with Crippen LogP contribution in [0, 0.1) is 12.7 Å². The van der Waals surface area contributed by atoms with E-state index in [0.717, 1.165) is 17.2 Å². The van der Waals surface area contributed by atoms with Crippen LogP contribution in [-0.2, 0) is 25.9 Å². The molecule has 2 atom stereocenters. The highest BCUT2D eigenvalue weighted by Gasteiger charge is 2.38. The number of benzene rings is 3. The molecule has 0 saturated heterocycles. The van der Waals surface area contributed by atoms with E-state index in [1.807, 2.05) is 19.9 Å². The number of sulfone groups is 1. The van der Waals surface area contributed by atoms with Crippen molar-refractivity contribution in [3.63, 3.8) is 0 Å². The smallest absolute Gasteiger partial charge is 0.411 e. The predicted octanol–water partition coefficient (Wildman–Crippen LogP) is 4.78. The van der Waals surface area contributed by atoms with E-state index < -0.39 is 44.5 Å². The van der Waals surface area contributed by atoms with E-state index in [0.29, 0.717) is 29.7 Å². The van der Waals surface area contributed by atoms with E-state index in [1.54, 1.807) is 12.1 Å². The number of aryl methyl sites for hydroxylation is 1. The lowest BCUT2D eigenvalue weighted by atomic mass is 9.93. The number of carbonyl (C=O) groups excluding carboxylic acids is 2. The van der Waals surface area contributed by atoms with Gasteiger partial charge in [0, 0.05) is 31.3 Å². The quantitative estimate of drug-likeness (QED) is 0.291. The van der Waals surface area contributed by atoms with Crippen LogP contribution in [0.5, 0.6) is 0 Å². The molecule has 3 aromatic carbocycles. The Kier molecular flexibility index (Phi) is 7.81. The maximum Gasteiger partial charge on any atom is 0.411 e. The number of hydrogen-bond donors (Lipinski definition) is 3. The predicted molar refractivity (Wildman–Crippen MR) is 166 cm³/mol. The maximum atomic E-state index is 15.4. The number of ether oxygens (including phenoxy) is 1. The summed E-state index contributed by atoms with van der Waals surface area (Å²) in [7, 11) is -2.14. The van der Waals surface area contributed by atoms with Gasteiger partial charge in [0.1, 0.15) is 11.9 Å². The summed E-state index contributed by atoms with van der Waals surface area (Å²) in [6.07, 6.45) is 1.61. The lowest BCUT2D eigenvalue weighted by Crippen LogP contribution is -2.35. The van der Waals surface area contributed by atoms with Crippen molar-refractivity contribution in [2.75, 3.05) is 24.3 Å². The molecule has 1 aromatic heterocycles. The van der Waals surface area contributed by atoms with Gasteiger partial charge < -0.3 is 19.9 Å². The number of aromatic amines is 1. The number of nitrogens with zero attached hydrogens (tertiary/aromatic N) is 2. The van der Waals surface area contributed by atoms with Gasteiger partial charge >= 0.3 is 6.09 Å². The van der Waals surface area contributed by atoms with Crippen molar-refractivity contribution in [2.24, 2.45) is 0 Å². The Morgan fingerprint density at radius 2 is 1.84 bits per heavy atom. The number of likely N-dealkylation sites (N-methyl/N-ethyl adjacent to an activating group) is 1. The Labute approximate surface area is 258 Å². The van der Waals surface area contributed by atoms with Crippen LogP contribution in [0.2, 0.25) is 0 Å². The third kappa shape index (κ3) is 5.99. The summed E-state index contributed by atoms with van der Waals surface area (Å²) in [6, 6.07) is 11.2. The lowest BCUT2D eigenvalue weighted by Gasteiger charge is -2.28. The fraction of sp³-hybridized carbons (Fsp3) is 0.312. The zero-order valence-electron chi connectivity index (χ0n) is 24.9. The Morgan fingerprint density at radius 1 is 1.07 bits per heavy atom. The topological polar surface area (TPSA) is 151 Å². The van der Waals surface area contributed by atoms with Crippen LogP contribution in [-0.4, -0.2) is 54.2 Å². The van der Waals surface area contributed by atoms with E-state index in [-0.39, 0.29) is 40.6 Å². The average Bonchev–Trinajstić information content (AvgIpc) is 3.85. The SMILES string of the molecule is Cc1cc2ccc1[C@@H](C)COC(=O)Nc1ccc(S(=O)(=O)C3CC3)c(c1)CN(C)C(=O)[C@@H]2Nc1cc2c(=O)[nH]cnc2cc1F. The van der Waals surface area contributed by atoms with Gasteiger partial charge in [-0.2, -0.15) is 0 Å². The summed E-state index contributed by atoms with van der Waals surface area (Å²) < 4.78 is 47.5. The summed E-state index contributed by atoms with van der Waals surface area (Å²) in [5.74, 6) is -1.38. The van der Waals surface area contributed by atoms with Crippen LogP contribution in [0.15, 0.2) is 64.5 Å². The van der Waals surface area contributed by atoms with Gasteiger partial charge in [0.15, 0.2) is 9.84 Å². The van der Waals surface area contributed by atoms with E-state index >= 15 is 4.39 Å². The van der Waals surface area contributed by atoms with Crippen LogP contribution in [0.1, 0.15) is 54.0 Å². The van der Waals surface area contributed by atoms with E-state index in [9.17, 15) is 22.8 Å². The minimum atomic E-state index is -3.67. The zero-order chi connectivity index (χ0) is 32.0. The number of fused-ring (bicyclic) bond motifs is 10.